The van der Waals surface area contributed by atoms with Crippen molar-refractivity contribution in [2.75, 3.05) is 32.8 Å². The van der Waals surface area contributed by atoms with Crippen LogP contribution in [0.25, 0.3) is 0 Å². The van der Waals surface area contributed by atoms with Crippen LogP contribution in [0.3, 0.4) is 0 Å². The van der Waals surface area contributed by atoms with Gasteiger partial charge in [-0.3, -0.25) is 4.90 Å². The third-order valence-electron chi connectivity index (χ3n) is 4.99. The zero-order valence-corrected chi connectivity index (χ0v) is 11.6. The zero-order valence-electron chi connectivity index (χ0n) is 11.6. The summed E-state index contributed by atoms with van der Waals surface area (Å²) in [6.07, 6.45) is 10.4. The first-order chi connectivity index (χ1) is 8.92. The van der Waals surface area contributed by atoms with Crippen LogP contribution >= 0.6 is 0 Å². The first-order valence-corrected chi connectivity index (χ1v) is 7.98. The Hall–Kier alpha value is -0.120. The quantitative estimate of drug-likeness (QED) is 0.828. The molecule has 3 rings (SSSR count). The van der Waals surface area contributed by atoms with Crippen molar-refractivity contribution in [2.45, 2.75) is 57.1 Å². The Morgan fingerprint density at radius 3 is 2.78 bits per heavy atom. The van der Waals surface area contributed by atoms with E-state index in [1.165, 1.54) is 58.0 Å². The van der Waals surface area contributed by atoms with Crippen molar-refractivity contribution < 1.29 is 4.74 Å². The molecule has 2 aliphatic heterocycles. The fourth-order valence-corrected chi connectivity index (χ4v) is 3.85. The van der Waals surface area contributed by atoms with Gasteiger partial charge < -0.3 is 10.1 Å². The number of hydrogen-bond acceptors (Lipinski definition) is 3. The van der Waals surface area contributed by atoms with E-state index < -0.39 is 0 Å². The molecule has 3 fully saturated rings. The van der Waals surface area contributed by atoms with Gasteiger partial charge in [-0.25, -0.2) is 0 Å². The maximum atomic E-state index is 5.98. The van der Waals surface area contributed by atoms with E-state index in [-0.39, 0.29) is 0 Å². The summed E-state index contributed by atoms with van der Waals surface area (Å²) in [6, 6.07) is 0.736. The van der Waals surface area contributed by atoms with Gasteiger partial charge in [-0.1, -0.05) is 19.3 Å². The number of morpholine rings is 1. The van der Waals surface area contributed by atoms with Crippen LogP contribution in [-0.4, -0.2) is 49.8 Å². The van der Waals surface area contributed by atoms with Crippen LogP contribution in [0.5, 0.6) is 0 Å². The second kappa shape index (κ2) is 6.36. The molecule has 3 nitrogen and oxygen atoms in total. The Balaban J connectivity index is 1.33. The molecular formula is C15H28N2O. The van der Waals surface area contributed by atoms with Crippen molar-refractivity contribution >= 4 is 0 Å². The lowest BCUT2D eigenvalue weighted by molar-refractivity contribution is -0.0472. The van der Waals surface area contributed by atoms with Crippen molar-refractivity contribution in [1.82, 2.24) is 10.2 Å². The largest absolute Gasteiger partial charge is 0.374 e. The standard InChI is InChI=1S/C15H28N2O/c1-2-5-13(6-3-1)9-16-10-15-11-17-8-4-7-14(17)12-18-15/h13-16H,1-12H2. The first-order valence-electron chi connectivity index (χ1n) is 7.98. The van der Waals surface area contributed by atoms with Crippen LogP contribution in [0.2, 0.25) is 0 Å². The summed E-state index contributed by atoms with van der Waals surface area (Å²) in [6.45, 7) is 5.69. The number of ether oxygens (including phenoxy) is 1. The predicted molar refractivity (Wildman–Crippen MR) is 73.8 cm³/mol. The van der Waals surface area contributed by atoms with Crippen LogP contribution in [0, 0.1) is 5.92 Å². The summed E-state index contributed by atoms with van der Waals surface area (Å²) < 4.78 is 5.98. The molecule has 18 heavy (non-hydrogen) atoms. The molecule has 2 atom stereocenters. The van der Waals surface area contributed by atoms with E-state index in [2.05, 4.69) is 10.2 Å². The van der Waals surface area contributed by atoms with Crippen molar-refractivity contribution in [3.63, 3.8) is 0 Å². The highest BCUT2D eigenvalue weighted by atomic mass is 16.5. The van der Waals surface area contributed by atoms with Crippen molar-refractivity contribution in [1.29, 1.82) is 0 Å². The number of nitrogens with zero attached hydrogens (tertiary/aromatic N) is 1. The van der Waals surface area contributed by atoms with Gasteiger partial charge in [0.25, 0.3) is 0 Å². The molecule has 0 aromatic rings. The molecule has 0 aromatic carbocycles. The Morgan fingerprint density at radius 2 is 1.89 bits per heavy atom. The van der Waals surface area contributed by atoms with Gasteiger partial charge in [0, 0.05) is 19.1 Å². The average Bonchev–Trinajstić information content (AvgIpc) is 2.87. The van der Waals surface area contributed by atoms with Gasteiger partial charge >= 0.3 is 0 Å². The molecular weight excluding hydrogens is 224 g/mol. The summed E-state index contributed by atoms with van der Waals surface area (Å²) >= 11 is 0. The summed E-state index contributed by atoms with van der Waals surface area (Å²) in [5, 5.41) is 3.65. The van der Waals surface area contributed by atoms with Crippen LogP contribution in [0.1, 0.15) is 44.9 Å². The minimum Gasteiger partial charge on any atom is -0.374 e. The predicted octanol–water partition coefficient (Wildman–Crippen LogP) is 2.02. The Labute approximate surface area is 111 Å². The van der Waals surface area contributed by atoms with Crippen LogP contribution in [-0.2, 0) is 4.74 Å². The summed E-state index contributed by atoms with van der Waals surface area (Å²) in [5.41, 5.74) is 0. The molecule has 0 amide bonds. The van der Waals surface area contributed by atoms with Crippen molar-refractivity contribution in [2.24, 2.45) is 5.92 Å². The van der Waals surface area contributed by atoms with E-state index in [1.54, 1.807) is 0 Å². The van der Waals surface area contributed by atoms with Crippen LogP contribution in [0.4, 0.5) is 0 Å². The Morgan fingerprint density at radius 1 is 1.00 bits per heavy atom. The third kappa shape index (κ3) is 3.25. The monoisotopic (exact) mass is 252 g/mol. The van der Waals surface area contributed by atoms with Crippen molar-refractivity contribution in [3.8, 4) is 0 Å². The first kappa shape index (κ1) is 12.9. The average molecular weight is 252 g/mol. The van der Waals surface area contributed by atoms with Gasteiger partial charge in [0.2, 0.25) is 0 Å². The maximum absolute atomic E-state index is 5.98. The number of fused-ring (bicyclic) bond motifs is 1. The Kier molecular flexibility index (Phi) is 4.55. The van der Waals surface area contributed by atoms with Gasteiger partial charge in [0.1, 0.15) is 0 Å². The van der Waals surface area contributed by atoms with E-state index in [0.29, 0.717) is 6.10 Å². The molecule has 1 aliphatic carbocycles. The van der Waals surface area contributed by atoms with E-state index in [9.17, 15) is 0 Å². The molecule has 1 saturated carbocycles. The summed E-state index contributed by atoms with van der Waals surface area (Å²) in [4.78, 5) is 2.64. The SMILES string of the molecule is C1CCC(CNCC2CN3CCCC3CO2)CC1. The lowest BCUT2D eigenvalue weighted by Gasteiger charge is -2.35. The highest BCUT2D eigenvalue weighted by Gasteiger charge is 2.31. The van der Waals surface area contributed by atoms with Crippen molar-refractivity contribution in [3.05, 3.63) is 0 Å². The van der Waals surface area contributed by atoms with Gasteiger partial charge in [-0.15, -0.1) is 0 Å². The molecule has 2 heterocycles. The normalized spacial score (nSPS) is 34.7. The van der Waals surface area contributed by atoms with Crippen LogP contribution in [0.15, 0.2) is 0 Å². The molecule has 3 aliphatic rings. The van der Waals surface area contributed by atoms with Gasteiger partial charge in [-0.05, 0) is 44.7 Å². The molecule has 2 unspecified atom stereocenters. The molecule has 0 bridgehead atoms. The zero-order chi connectivity index (χ0) is 12.2. The molecule has 3 heteroatoms. The van der Waals surface area contributed by atoms with E-state index in [0.717, 1.165) is 31.7 Å². The fourth-order valence-electron chi connectivity index (χ4n) is 3.85. The molecule has 0 spiro atoms. The second-order valence-electron chi connectivity index (χ2n) is 6.41. The van der Waals surface area contributed by atoms with E-state index in [4.69, 9.17) is 4.74 Å². The molecule has 0 aromatic heterocycles. The minimum absolute atomic E-state index is 0.433. The second-order valence-corrected chi connectivity index (χ2v) is 6.41. The summed E-state index contributed by atoms with van der Waals surface area (Å²) in [7, 11) is 0. The minimum atomic E-state index is 0.433. The summed E-state index contributed by atoms with van der Waals surface area (Å²) in [5.74, 6) is 0.932. The lowest BCUT2D eigenvalue weighted by atomic mass is 9.89. The number of hydrogen-bond donors (Lipinski definition) is 1. The molecule has 104 valence electrons. The molecule has 2 saturated heterocycles. The molecule has 0 radical (unpaired) electrons. The Bertz CT molecular complexity index is 253. The number of nitrogens with one attached hydrogen (secondary N) is 1. The van der Waals surface area contributed by atoms with E-state index in [1.807, 2.05) is 0 Å². The van der Waals surface area contributed by atoms with Gasteiger partial charge in [0.05, 0.1) is 12.7 Å². The van der Waals surface area contributed by atoms with Gasteiger partial charge in [-0.2, -0.15) is 0 Å². The fraction of sp³-hybridized carbons (Fsp3) is 1.00. The third-order valence-corrected chi connectivity index (χ3v) is 4.99. The van der Waals surface area contributed by atoms with Crippen LogP contribution < -0.4 is 5.32 Å². The maximum Gasteiger partial charge on any atom is 0.0826 e. The highest BCUT2D eigenvalue weighted by Crippen LogP contribution is 2.24. The molecule has 1 N–H and O–H groups in total. The van der Waals surface area contributed by atoms with Gasteiger partial charge in [0.15, 0.2) is 0 Å². The smallest absolute Gasteiger partial charge is 0.0826 e. The lowest BCUT2D eigenvalue weighted by Crippen LogP contribution is -2.49. The number of rotatable bonds is 4. The highest BCUT2D eigenvalue weighted by molar-refractivity contribution is 4.86. The van der Waals surface area contributed by atoms with E-state index >= 15 is 0 Å². The topological polar surface area (TPSA) is 24.5 Å².